The molecule has 2 aromatic heterocycles. The van der Waals surface area contributed by atoms with Crippen LogP contribution < -0.4 is 4.83 Å². The molecule has 22 heavy (non-hydrogen) atoms. The van der Waals surface area contributed by atoms with Crippen molar-refractivity contribution in [3.8, 4) is 11.4 Å². The molecule has 0 saturated carbocycles. The smallest absolute Gasteiger partial charge is 0.276 e. The van der Waals surface area contributed by atoms with Crippen LogP contribution in [0.15, 0.2) is 41.3 Å². The fourth-order valence-electron chi connectivity index (χ4n) is 1.96. The van der Waals surface area contributed by atoms with Crippen molar-refractivity contribution >= 4 is 10.0 Å². The van der Waals surface area contributed by atoms with E-state index in [0.29, 0.717) is 17.1 Å². The van der Waals surface area contributed by atoms with E-state index < -0.39 is 10.0 Å². The summed E-state index contributed by atoms with van der Waals surface area (Å²) in [6, 6.07) is 9.88. The summed E-state index contributed by atoms with van der Waals surface area (Å²) in [6.07, 6.45) is 0. The van der Waals surface area contributed by atoms with Crippen LogP contribution in [0.25, 0.3) is 11.4 Å². The number of nitrogens with one attached hydrogen (secondary N) is 2. The standard InChI is InChI=1S/C13H14N6O2S/c1-9-8-12(15-14-9)13-10(2)19(17-16-13)18-22(20,21)11-6-4-3-5-7-11/h3-8,18H,1-2H3,(H,14,15). The molecule has 0 amide bonds. The average molecular weight is 318 g/mol. The van der Waals surface area contributed by atoms with Gasteiger partial charge in [0.15, 0.2) is 0 Å². The summed E-state index contributed by atoms with van der Waals surface area (Å²) >= 11 is 0. The maximum Gasteiger partial charge on any atom is 0.276 e. The number of aryl methyl sites for hydroxylation is 1. The molecule has 0 fully saturated rings. The van der Waals surface area contributed by atoms with Crippen LogP contribution >= 0.6 is 0 Å². The van der Waals surface area contributed by atoms with E-state index in [-0.39, 0.29) is 4.90 Å². The summed E-state index contributed by atoms with van der Waals surface area (Å²) in [4.78, 5) is 3.66. The maximum atomic E-state index is 12.3. The molecule has 0 atom stereocenters. The highest BCUT2D eigenvalue weighted by molar-refractivity contribution is 7.92. The molecule has 0 radical (unpaired) electrons. The molecule has 2 N–H and O–H groups in total. The van der Waals surface area contributed by atoms with Gasteiger partial charge in [-0.3, -0.25) is 5.10 Å². The van der Waals surface area contributed by atoms with Gasteiger partial charge in [-0.15, -0.1) is 9.89 Å². The third kappa shape index (κ3) is 2.58. The highest BCUT2D eigenvalue weighted by Crippen LogP contribution is 2.19. The normalized spacial score (nSPS) is 11.5. The van der Waals surface area contributed by atoms with Crippen molar-refractivity contribution in [1.82, 2.24) is 25.3 Å². The quantitative estimate of drug-likeness (QED) is 0.752. The van der Waals surface area contributed by atoms with Crippen molar-refractivity contribution in [2.75, 3.05) is 4.83 Å². The molecule has 8 nitrogen and oxygen atoms in total. The van der Waals surface area contributed by atoms with Gasteiger partial charge in [0.25, 0.3) is 10.0 Å². The second-order valence-corrected chi connectivity index (χ2v) is 6.44. The van der Waals surface area contributed by atoms with E-state index in [1.807, 2.05) is 13.0 Å². The van der Waals surface area contributed by atoms with Gasteiger partial charge in [0.1, 0.15) is 11.4 Å². The Morgan fingerprint density at radius 1 is 1.18 bits per heavy atom. The Hall–Kier alpha value is -2.68. The Balaban J connectivity index is 1.93. The molecule has 0 aliphatic rings. The molecule has 0 aliphatic heterocycles. The van der Waals surface area contributed by atoms with Gasteiger partial charge in [-0.2, -0.15) is 18.3 Å². The van der Waals surface area contributed by atoms with Crippen LogP contribution in [0, 0.1) is 13.8 Å². The van der Waals surface area contributed by atoms with E-state index >= 15 is 0 Å². The van der Waals surface area contributed by atoms with Crippen LogP contribution in [-0.2, 0) is 10.0 Å². The van der Waals surface area contributed by atoms with Crippen molar-refractivity contribution in [2.24, 2.45) is 0 Å². The first-order valence-electron chi connectivity index (χ1n) is 6.50. The third-order valence-electron chi connectivity index (χ3n) is 3.10. The van der Waals surface area contributed by atoms with Crippen molar-refractivity contribution in [2.45, 2.75) is 18.7 Å². The monoisotopic (exact) mass is 318 g/mol. The Morgan fingerprint density at radius 2 is 1.91 bits per heavy atom. The lowest BCUT2D eigenvalue weighted by Crippen LogP contribution is -2.25. The SMILES string of the molecule is Cc1cc(-c2nnn(NS(=O)(=O)c3ccccc3)c2C)n[nH]1. The molecule has 2 heterocycles. The Morgan fingerprint density at radius 3 is 2.55 bits per heavy atom. The minimum absolute atomic E-state index is 0.155. The Bertz CT molecular complexity index is 898. The van der Waals surface area contributed by atoms with E-state index in [1.54, 1.807) is 25.1 Å². The van der Waals surface area contributed by atoms with Gasteiger partial charge in [0.05, 0.1) is 10.6 Å². The molecule has 9 heteroatoms. The molecule has 0 unspecified atom stereocenters. The van der Waals surface area contributed by atoms with Crippen molar-refractivity contribution in [1.29, 1.82) is 0 Å². The lowest BCUT2D eigenvalue weighted by Gasteiger charge is -2.08. The van der Waals surface area contributed by atoms with Gasteiger partial charge in [-0.1, -0.05) is 18.2 Å². The van der Waals surface area contributed by atoms with Gasteiger partial charge in [0, 0.05) is 5.69 Å². The molecule has 0 spiro atoms. The summed E-state index contributed by atoms with van der Waals surface area (Å²) in [5.41, 5.74) is 2.56. The summed E-state index contributed by atoms with van der Waals surface area (Å²) in [7, 11) is -3.72. The van der Waals surface area contributed by atoms with Crippen LogP contribution in [0.2, 0.25) is 0 Å². The first kappa shape index (κ1) is 14.3. The predicted molar refractivity (Wildman–Crippen MR) is 80.1 cm³/mol. The number of sulfonamides is 1. The van der Waals surface area contributed by atoms with E-state index in [2.05, 4.69) is 25.3 Å². The number of aromatic amines is 1. The molecule has 0 bridgehead atoms. The first-order chi connectivity index (χ1) is 10.5. The Labute approximate surface area is 127 Å². The van der Waals surface area contributed by atoms with E-state index in [0.717, 1.165) is 10.5 Å². The van der Waals surface area contributed by atoms with Gasteiger partial charge in [0.2, 0.25) is 0 Å². The van der Waals surface area contributed by atoms with Gasteiger partial charge >= 0.3 is 0 Å². The second kappa shape index (κ2) is 5.26. The van der Waals surface area contributed by atoms with Crippen molar-refractivity contribution < 1.29 is 8.42 Å². The molecular weight excluding hydrogens is 304 g/mol. The lowest BCUT2D eigenvalue weighted by atomic mass is 10.2. The lowest BCUT2D eigenvalue weighted by molar-refractivity contribution is 0.588. The van der Waals surface area contributed by atoms with E-state index in [1.165, 1.54) is 12.1 Å². The Kier molecular flexibility index (Phi) is 3.41. The predicted octanol–water partition coefficient (Wildman–Crippen LogP) is 1.22. The number of rotatable bonds is 4. The number of aromatic nitrogens is 5. The summed E-state index contributed by atoms with van der Waals surface area (Å²) in [5, 5.41) is 14.7. The van der Waals surface area contributed by atoms with E-state index in [9.17, 15) is 8.42 Å². The maximum absolute atomic E-state index is 12.3. The molecule has 3 aromatic rings. The summed E-state index contributed by atoms with van der Waals surface area (Å²) < 4.78 is 24.6. The molecule has 3 rings (SSSR count). The van der Waals surface area contributed by atoms with Gasteiger partial charge in [-0.25, -0.2) is 0 Å². The molecule has 114 valence electrons. The second-order valence-electron chi connectivity index (χ2n) is 4.78. The van der Waals surface area contributed by atoms with Crippen LogP contribution in [0.3, 0.4) is 0 Å². The zero-order chi connectivity index (χ0) is 15.7. The zero-order valence-corrected chi connectivity index (χ0v) is 12.8. The number of hydrogen-bond donors (Lipinski definition) is 2. The number of benzene rings is 1. The van der Waals surface area contributed by atoms with Crippen LogP contribution in [0.4, 0.5) is 0 Å². The van der Waals surface area contributed by atoms with Crippen LogP contribution in [-0.4, -0.2) is 33.7 Å². The number of hydrogen-bond acceptors (Lipinski definition) is 5. The largest absolute Gasteiger partial charge is 0.282 e. The van der Waals surface area contributed by atoms with E-state index in [4.69, 9.17) is 0 Å². The number of nitrogens with zero attached hydrogens (tertiary/aromatic N) is 4. The average Bonchev–Trinajstić information content (AvgIpc) is 3.07. The minimum atomic E-state index is -3.72. The highest BCUT2D eigenvalue weighted by Gasteiger charge is 2.18. The van der Waals surface area contributed by atoms with Crippen molar-refractivity contribution in [3.63, 3.8) is 0 Å². The fourth-order valence-corrected chi connectivity index (χ4v) is 2.98. The molecular formula is C13H14N6O2S. The molecule has 0 saturated heterocycles. The minimum Gasteiger partial charge on any atom is -0.282 e. The topological polar surface area (TPSA) is 106 Å². The third-order valence-corrected chi connectivity index (χ3v) is 4.41. The number of H-pyrrole nitrogens is 1. The zero-order valence-electron chi connectivity index (χ0n) is 12.0. The summed E-state index contributed by atoms with van der Waals surface area (Å²) in [6.45, 7) is 3.58. The van der Waals surface area contributed by atoms with Gasteiger partial charge in [-0.05, 0) is 37.3 Å². The fraction of sp³-hybridized carbons (Fsp3) is 0.154. The molecule has 1 aromatic carbocycles. The van der Waals surface area contributed by atoms with Crippen LogP contribution in [0.1, 0.15) is 11.4 Å². The first-order valence-corrected chi connectivity index (χ1v) is 7.98. The van der Waals surface area contributed by atoms with Crippen molar-refractivity contribution in [3.05, 3.63) is 47.8 Å². The highest BCUT2D eigenvalue weighted by atomic mass is 32.2. The molecule has 0 aliphatic carbocycles. The van der Waals surface area contributed by atoms with Gasteiger partial charge < -0.3 is 0 Å². The van der Waals surface area contributed by atoms with Crippen LogP contribution in [0.5, 0.6) is 0 Å². The summed E-state index contributed by atoms with van der Waals surface area (Å²) in [5.74, 6) is 0.